The van der Waals surface area contributed by atoms with Crippen molar-refractivity contribution in [3.63, 3.8) is 0 Å². The Morgan fingerprint density at radius 2 is 0.614 bits per heavy atom. The molecule has 0 atom stereocenters. The van der Waals surface area contributed by atoms with E-state index in [4.69, 9.17) is 8.83 Å². The molecule has 0 saturated heterocycles. The number of hydrogen-bond acceptors (Lipinski definition) is 4. The largest absolute Gasteiger partial charge is 0.456 e. The van der Waals surface area contributed by atoms with Crippen LogP contribution in [-0.2, 0) is 12.4 Å². The number of rotatable bonds is 8. The Labute approximate surface area is 396 Å². The summed E-state index contributed by atoms with van der Waals surface area (Å²) in [6.45, 7) is 0. The van der Waals surface area contributed by atoms with Crippen LogP contribution < -0.4 is 9.80 Å². The zero-order valence-electron chi connectivity index (χ0n) is 36.8. The van der Waals surface area contributed by atoms with Crippen LogP contribution in [0.4, 0.5) is 60.5 Å². The summed E-state index contributed by atoms with van der Waals surface area (Å²) in [5.74, 6) is 0. The molecular weight excluding hydrogens is 895 g/mol. The second kappa shape index (κ2) is 16.5. The van der Waals surface area contributed by atoms with Gasteiger partial charge in [-0.1, -0.05) is 97.1 Å². The van der Waals surface area contributed by atoms with Gasteiger partial charge >= 0.3 is 12.4 Å². The summed E-state index contributed by atoms with van der Waals surface area (Å²) in [5.41, 5.74) is 8.08. The van der Waals surface area contributed by atoms with Crippen molar-refractivity contribution in [2.75, 3.05) is 9.80 Å². The van der Waals surface area contributed by atoms with Crippen LogP contribution in [0.1, 0.15) is 11.1 Å². The number of alkyl halides is 6. The van der Waals surface area contributed by atoms with Gasteiger partial charge in [-0.05, 0) is 142 Å². The average molecular weight is 931 g/mol. The highest BCUT2D eigenvalue weighted by Crippen LogP contribution is 2.45. The number of benzene rings is 10. The number of anilines is 6. The minimum atomic E-state index is -4.53. The van der Waals surface area contributed by atoms with Gasteiger partial charge in [-0.25, -0.2) is 0 Å². The van der Waals surface area contributed by atoms with Crippen molar-refractivity contribution in [1.82, 2.24) is 0 Å². The minimum absolute atomic E-state index is 0.339. The Hall–Kier alpha value is -8.76. The molecule has 4 nitrogen and oxygen atoms in total. The fourth-order valence-corrected chi connectivity index (χ4v) is 9.45. The molecule has 0 spiro atoms. The number of fused-ring (bicyclic) bond motifs is 7. The molecule has 0 aliphatic carbocycles. The van der Waals surface area contributed by atoms with Gasteiger partial charge in [0.05, 0.1) is 11.1 Å². The molecule has 12 rings (SSSR count). The summed E-state index contributed by atoms with van der Waals surface area (Å²) < 4.78 is 97.4. The lowest BCUT2D eigenvalue weighted by Crippen LogP contribution is -2.12. The van der Waals surface area contributed by atoms with Crippen LogP contribution in [-0.4, -0.2) is 0 Å². The summed E-state index contributed by atoms with van der Waals surface area (Å²) in [6, 6.07) is 65.0. The summed E-state index contributed by atoms with van der Waals surface area (Å²) in [6.07, 6.45) is -9.07. The second-order valence-corrected chi connectivity index (χ2v) is 17.2. The van der Waals surface area contributed by atoms with Crippen LogP contribution in [0.2, 0.25) is 0 Å². The molecular formula is C60H36F6N2O2. The van der Waals surface area contributed by atoms with Crippen LogP contribution in [0.5, 0.6) is 0 Å². The lowest BCUT2D eigenvalue weighted by molar-refractivity contribution is -0.138. The summed E-state index contributed by atoms with van der Waals surface area (Å²) in [4.78, 5) is 3.58. The molecule has 2 heterocycles. The zero-order chi connectivity index (χ0) is 47.7. The molecule has 0 radical (unpaired) electrons. The van der Waals surface area contributed by atoms with Gasteiger partial charge in [-0.2, -0.15) is 26.3 Å². The highest BCUT2D eigenvalue weighted by molar-refractivity contribution is 6.15. The van der Waals surface area contributed by atoms with E-state index in [0.717, 1.165) is 78.8 Å². The highest BCUT2D eigenvalue weighted by atomic mass is 19.4. The smallest absolute Gasteiger partial charge is 0.416 e. The SMILES string of the molecule is FC(F)(F)c1cccc(N(c2ccc(-c3ccccc3)cc2)c2ccc3c(c2)oc2cc4cc5c(cc4cc23)oc2cc(N(c3ccc(-c4ccccc4)cc3)c3cccc(C(F)(F)F)c3)ccc25)c1. The third-order valence-corrected chi connectivity index (χ3v) is 12.8. The summed E-state index contributed by atoms with van der Waals surface area (Å²) in [5, 5.41) is 5.12. The van der Waals surface area contributed by atoms with Gasteiger partial charge in [0.15, 0.2) is 0 Å². The van der Waals surface area contributed by atoms with Crippen LogP contribution >= 0.6 is 0 Å². The monoisotopic (exact) mass is 930 g/mol. The standard InChI is InChI=1S/C60H36F6N2O2/c61-59(62,63)43-13-7-15-47(33-43)67(45-21-17-39(18-22-45)37-9-3-1-4-10-37)49-25-27-51-53-29-41-32-56-54(30-42(41)31-55(53)69-57(51)35-49)52-28-26-50(36-58(52)70-56)68(48-16-8-14-44(34-48)60(64,65)66)46-23-19-40(20-24-46)38-11-5-2-6-12-38/h1-36H. The molecule has 0 unspecified atom stereocenters. The molecule has 12 aromatic rings. The molecule has 0 aliphatic heterocycles. The predicted molar refractivity (Wildman–Crippen MR) is 269 cm³/mol. The van der Waals surface area contributed by atoms with Gasteiger partial charge in [0, 0.05) is 67.8 Å². The maximum Gasteiger partial charge on any atom is 0.416 e. The van der Waals surface area contributed by atoms with Gasteiger partial charge < -0.3 is 18.6 Å². The Balaban J connectivity index is 0.927. The molecule has 0 fully saturated rings. The number of furan rings is 2. The first-order chi connectivity index (χ1) is 33.9. The molecule has 0 N–H and O–H groups in total. The lowest BCUT2D eigenvalue weighted by Gasteiger charge is -2.26. The fourth-order valence-electron chi connectivity index (χ4n) is 9.45. The van der Waals surface area contributed by atoms with Crippen molar-refractivity contribution < 1.29 is 35.2 Å². The van der Waals surface area contributed by atoms with E-state index in [1.807, 2.05) is 170 Å². The third-order valence-electron chi connectivity index (χ3n) is 12.8. The highest BCUT2D eigenvalue weighted by Gasteiger charge is 2.32. The number of nitrogens with zero attached hydrogens (tertiary/aromatic N) is 2. The van der Waals surface area contributed by atoms with E-state index in [9.17, 15) is 26.3 Å². The van der Waals surface area contributed by atoms with Gasteiger partial charge in [-0.3, -0.25) is 0 Å². The molecule has 0 saturated carbocycles. The van der Waals surface area contributed by atoms with Gasteiger partial charge in [-0.15, -0.1) is 0 Å². The maximum atomic E-state index is 14.1. The zero-order valence-corrected chi connectivity index (χ0v) is 36.8. The van der Waals surface area contributed by atoms with Crippen molar-refractivity contribution in [3.05, 3.63) is 230 Å². The van der Waals surface area contributed by atoms with Crippen LogP contribution in [0, 0.1) is 0 Å². The second-order valence-electron chi connectivity index (χ2n) is 17.2. The van der Waals surface area contributed by atoms with Crippen LogP contribution in [0.25, 0.3) is 76.9 Å². The first-order valence-electron chi connectivity index (χ1n) is 22.4. The molecule has 0 aliphatic rings. The lowest BCUT2D eigenvalue weighted by atomic mass is 10.0. The topological polar surface area (TPSA) is 32.8 Å². The molecule has 10 aromatic carbocycles. The van der Waals surface area contributed by atoms with Crippen LogP contribution in [0.3, 0.4) is 0 Å². The first kappa shape index (κ1) is 42.6. The van der Waals surface area contributed by atoms with Crippen molar-refractivity contribution in [1.29, 1.82) is 0 Å². The Kier molecular flexibility index (Phi) is 10.0. The van der Waals surface area contributed by atoms with E-state index >= 15 is 0 Å². The summed E-state index contributed by atoms with van der Waals surface area (Å²) >= 11 is 0. The minimum Gasteiger partial charge on any atom is -0.456 e. The summed E-state index contributed by atoms with van der Waals surface area (Å²) in [7, 11) is 0. The normalized spacial score (nSPS) is 12.1. The van der Waals surface area contributed by atoms with E-state index in [1.54, 1.807) is 21.9 Å². The van der Waals surface area contributed by atoms with E-state index in [2.05, 4.69) is 0 Å². The predicted octanol–water partition coefficient (Wildman–Crippen LogP) is 18.9. The Morgan fingerprint density at radius 3 is 1.00 bits per heavy atom. The van der Waals surface area contributed by atoms with Crippen LogP contribution in [0.15, 0.2) is 227 Å². The van der Waals surface area contributed by atoms with Gasteiger partial charge in [0.25, 0.3) is 0 Å². The van der Waals surface area contributed by atoms with Crippen molar-refractivity contribution in [2.24, 2.45) is 0 Å². The third kappa shape index (κ3) is 7.73. The maximum absolute atomic E-state index is 14.1. The Bertz CT molecular complexity index is 3660. The molecule has 340 valence electrons. The molecule has 0 bridgehead atoms. The van der Waals surface area contributed by atoms with E-state index in [-0.39, 0.29) is 0 Å². The Morgan fingerprint density at radius 1 is 0.271 bits per heavy atom. The van der Waals surface area contributed by atoms with Crippen molar-refractivity contribution >= 4 is 88.8 Å². The van der Waals surface area contributed by atoms with Gasteiger partial charge in [0.1, 0.15) is 22.3 Å². The molecule has 10 heteroatoms. The average Bonchev–Trinajstić information content (AvgIpc) is 3.91. The fraction of sp³-hybridized carbons (Fsp3) is 0.0333. The molecule has 2 aromatic heterocycles. The van der Waals surface area contributed by atoms with E-state index in [0.29, 0.717) is 56.5 Å². The molecule has 0 amide bonds. The number of hydrogen-bond donors (Lipinski definition) is 0. The quantitative estimate of drug-likeness (QED) is 0.142. The number of halogens is 6. The van der Waals surface area contributed by atoms with Crippen molar-refractivity contribution in [3.8, 4) is 22.3 Å². The first-order valence-corrected chi connectivity index (χ1v) is 22.4. The van der Waals surface area contributed by atoms with E-state index in [1.165, 1.54) is 12.1 Å². The van der Waals surface area contributed by atoms with Gasteiger partial charge in [0.2, 0.25) is 0 Å². The molecule has 70 heavy (non-hydrogen) atoms. The van der Waals surface area contributed by atoms with E-state index < -0.39 is 23.5 Å². The van der Waals surface area contributed by atoms with Crippen molar-refractivity contribution in [2.45, 2.75) is 12.4 Å².